The summed E-state index contributed by atoms with van der Waals surface area (Å²) in [6.45, 7) is 4.91. The van der Waals surface area contributed by atoms with Crippen LogP contribution in [0.1, 0.15) is 26.2 Å². The van der Waals surface area contributed by atoms with E-state index in [1.165, 1.54) is 32.4 Å². The Kier molecular flexibility index (Phi) is 2.48. The van der Waals surface area contributed by atoms with Crippen molar-refractivity contribution in [2.75, 3.05) is 27.2 Å². The van der Waals surface area contributed by atoms with E-state index >= 15 is 0 Å². The summed E-state index contributed by atoms with van der Waals surface area (Å²) >= 11 is 0. The predicted molar refractivity (Wildman–Crippen MR) is 65.7 cm³/mol. The molecule has 1 aliphatic carbocycles. The monoisotopic (exact) mass is 221 g/mol. The number of nitrogens with zero attached hydrogens (tertiary/aromatic N) is 2. The zero-order chi connectivity index (χ0) is 11.3. The minimum absolute atomic E-state index is 0.600. The molecule has 0 aromatic carbocycles. The van der Waals surface area contributed by atoms with Crippen LogP contribution in [-0.2, 0) is 0 Å². The zero-order valence-electron chi connectivity index (χ0n) is 10.7. The molecule has 16 heavy (non-hydrogen) atoms. The lowest BCUT2D eigenvalue weighted by molar-refractivity contribution is 0.133. The summed E-state index contributed by atoms with van der Waals surface area (Å²) in [6, 6.07) is 0.600. The van der Waals surface area contributed by atoms with Crippen molar-refractivity contribution in [2.45, 2.75) is 32.2 Å². The number of likely N-dealkylation sites (N-methyl/N-ethyl adjacent to an activating group) is 1. The second-order valence-corrected chi connectivity index (χ2v) is 5.88. The summed E-state index contributed by atoms with van der Waals surface area (Å²) in [4.78, 5) is 2.50. The van der Waals surface area contributed by atoms with Gasteiger partial charge in [0.05, 0.1) is 0 Å². The second-order valence-electron chi connectivity index (χ2n) is 5.88. The van der Waals surface area contributed by atoms with Gasteiger partial charge in [0, 0.05) is 25.3 Å². The normalized spacial score (nSPS) is 40.6. The van der Waals surface area contributed by atoms with E-state index in [4.69, 9.17) is 0 Å². The van der Waals surface area contributed by atoms with Crippen molar-refractivity contribution in [3.05, 3.63) is 11.3 Å². The Hall–Kier alpha value is -0.540. The van der Waals surface area contributed by atoms with E-state index in [9.17, 15) is 0 Å². The summed E-state index contributed by atoms with van der Waals surface area (Å²) in [7, 11) is 4.43. The van der Waals surface area contributed by atoms with E-state index in [1.807, 2.05) is 0 Å². The van der Waals surface area contributed by atoms with Crippen molar-refractivity contribution < 1.29 is 0 Å². The fourth-order valence-corrected chi connectivity index (χ4v) is 3.65. The van der Waals surface area contributed by atoms with Gasteiger partial charge in [-0.3, -0.25) is 0 Å². The van der Waals surface area contributed by atoms with Crippen LogP contribution in [0.3, 0.4) is 0 Å². The molecule has 0 amide bonds. The maximum atomic E-state index is 3.55. The predicted octanol–water partition coefficient (Wildman–Crippen LogP) is 1.44. The van der Waals surface area contributed by atoms with Crippen LogP contribution in [0.2, 0.25) is 0 Å². The molecule has 1 fully saturated rings. The summed E-state index contributed by atoms with van der Waals surface area (Å²) < 4.78 is 0. The van der Waals surface area contributed by atoms with Gasteiger partial charge in [-0.2, -0.15) is 0 Å². The van der Waals surface area contributed by atoms with Crippen molar-refractivity contribution >= 4 is 0 Å². The number of hydrazine groups is 1. The van der Waals surface area contributed by atoms with Crippen LogP contribution in [0.15, 0.2) is 11.3 Å². The molecule has 0 aromatic heterocycles. The van der Waals surface area contributed by atoms with Gasteiger partial charge >= 0.3 is 0 Å². The first-order chi connectivity index (χ1) is 7.65. The minimum atomic E-state index is 0.600. The molecule has 90 valence electrons. The summed E-state index contributed by atoms with van der Waals surface area (Å²) in [5.74, 6) is 1.84. The highest BCUT2D eigenvalue weighted by atomic mass is 15.5. The molecule has 0 bridgehead atoms. The highest BCUT2D eigenvalue weighted by Gasteiger charge is 2.38. The van der Waals surface area contributed by atoms with Crippen molar-refractivity contribution in [2.24, 2.45) is 11.8 Å². The van der Waals surface area contributed by atoms with E-state index in [2.05, 4.69) is 36.4 Å². The Morgan fingerprint density at radius 3 is 2.81 bits per heavy atom. The molecule has 2 heterocycles. The quantitative estimate of drug-likeness (QED) is 0.668. The van der Waals surface area contributed by atoms with Gasteiger partial charge in [-0.1, -0.05) is 0 Å². The first-order valence-electron chi connectivity index (χ1n) is 6.55. The third-order valence-electron chi connectivity index (χ3n) is 4.83. The number of fused-ring (bicyclic) bond motifs is 1. The molecule has 3 nitrogen and oxygen atoms in total. The average Bonchev–Trinajstić information content (AvgIpc) is 2.52. The van der Waals surface area contributed by atoms with Crippen LogP contribution < -0.4 is 5.43 Å². The Labute approximate surface area is 98.5 Å². The maximum Gasteiger partial charge on any atom is 0.0489 e. The topological polar surface area (TPSA) is 18.5 Å². The zero-order valence-corrected chi connectivity index (χ0v) is 10.7. The van der Waals surface area contributed by atoms with Crippen LogP contribution in [0, 0.1) is 11.8 Å². The molecule has 2 aliphatic heterocycles. The average molecular weight is 221 g/mol. The van der Waals surface area contributed by atoms with Crippen LogP contribution in [0.4, 0.5) is 0 Å². The molecule has 3 rings (SSSR count). The first-order valence-corrected chi connectivity index (χ1v) is 6.55. The van der Waals surface area contributed by atoms with E-state index < -0.39 is 0 Å². The fraction of sp³-hybridized carbons (Fsp3) is 0.846. The van der Waals surface area contributed by atoms with Crippen molar-refractivity contribution in [1.82, 2.24) is 15.3 Å². The smallest absolute Gasteiger partial charge is 0.0489 e. The molecular formula is C13H23N3. The lowest BCUT2D eigenvalue weighted by Gasteiger charge is -2.40. The Morgan fingerprint density at radius 2 is 2.00 bits per heavy atom. The molecule has 3 aliphatic rings. The van der Waals surface area contributed by atoms with E-state index in [0.717, 1.165) is 11.8 Å². The van der Waals surface area contributed by atoms with Crippen molar-refractivity contribution in [3.8, 4) is 0 Å². The second kappa shape index (κ2) is 3.74. The molecule has 3 heteroatoms. The lowest BCUT2D eigenvalue weighted by Crippen LogP contribution is -2.40. The Bertz CT molecular complexity index is 323. The van der Waals surface area contributed by atoms with E-state index in [-0.39, 0.29) is 0 Å². The molecular weight excluding hydrogens is 198 g/mol. The number of allylic oxidation sites excluding steroid dienone is 1. The Balaban J connectivity index is 1.80. The minimum Gasteiger partial charge on any atom is -0.323 e. The van der Waals surface area contributed by atoms with Gasteiger partial charge in [-0.25, -0.2) is 5.01 Å². The maximum absolute atomic E-state index is 3.55. The number of rotatable bonds is 0. The summed E-state index contributed by atoms with van der Waals surface area (Å²) in [5, 5.41) is 2.27. The molecule has 0 aromatic rings. The van der Waals surface area contributed by atoms with Gasteiger partial charge in [-0.15, -0.1) is 0 Å². The summed E-state index contributed by atoms with van der Waals surface area (Å²) in [5.41, 5.74) is 6.77. The van der Waals surface area contributed by atoms with E-state index in [0.29, 0.717) is 6.04 Å². The number of hydrogen-bond donors (Lipinski definition) is 1. The third kappa shape index (κ3) is 1.57. The number of nitrogens with one attached hydrogen (secondary N) is 1. The van der Waals surface area contributed by atoms with Crippen LogP contribution in [0.5, 0.6) is 0 Å². The van der Waals surface area contributed by atoms with Gasteiger partial charge < -0.3 is 10.3 Å². The number of likely N-dealkylation sites (tertiary alicyclic amines) is 1. The lowest BCUT2D eigenvalue weighted by atomic mass is 9.73. The molecule has 0 spiro atoms. The Morgan fingerprint density at radius 1 is 1.19 bits per heavy atom. The van der Waals surface area contributed by atoms with Crippen molar-refractivity contribution in [3.63, 3.8) is 0 Å². The molecule has 1 N–H and O–H groups in total. The molecule has 1 saturated heterocycles. The highest BCUT2D eigenvalue weighted by Crippen LogP contribution is 2.41. The SMILES string of the molecule is CC1C2=C(CC3CCN(C)CC3C2)NN1C. The van der Waals surface area contributed by atoms with Crippen molar-refractivity contribution in [1.29, 1.82) is 0 Å². The van der Waals surface area contributed by atoms with Crippen LogP contribution in [0.25, 0.3) is 0 Å². The van der Waals surface area contributed by atoms with Crippen LogP contribution in [-0.4, -0.2) is 43.1 Å². The van der Waals surface area contributed by atoms with Gasteiger partial charge in [0.2, 0.25) is 0 Å². The fourth-order valence-electron chi connectivity index (χ4n) is 3.65. The first kappa shape index (κ1) is 10.6. The molecule has 0 saturated carbocycles. The van der Waals surface area contributed by atoms with E-state index in [1.54, 1.807) is 11.3 Å². The highest BCUT2D eigenvalue weighted by molar-refractivity contribution is 5.26. The third-order valence-corrected chi connectivity index (χ3v) is 4.83. The van der Waals surface area contributed by atoms with Crippen LogP contribution >= 0.6 is 0 Å². The molecule has 3 unspecified atom stereocenters. The number of piperidine rings is 1. The van der Waals surface area contributed by atoms with Gasteiger partial charge in [0.25, 0.3) is 0 Å². The van der Waals surface area contributed by atoms with Gasteiger partial charge in [0.1, 0.15) is 0 Å². The van der Waals surface area contributed by atoms with Gasteiger partial charge in [-0.05, 0) is 57.2 Å². The molecule has 3 atom stereocenters. The summed E-state index contributed by atoms with van der Waals surface area (Å²) in [6.07, 6.45) is 4.00. The molecule has 0 radical (unpaired) electrons. The number of hydrogen-bond acceptors (Lipinski definition) is 3. The largest absolute Gasteiger partial charge is 0.323 e. The van der Waals surface area contributed by atoms with Gasteiger partial charge in [0.15, 0.2) is 0 Å². The standard InChI is InChI=1S/C13H23N3/c1-9-12-6-11-8-15(2)5-4-10(11)7-13(12)14-16(9)3/h9-11,14H,4-8H2,1-3H3.